The molecule has 72 valence electrons. The Bertz CT molecular complexity index is 464. The average molecular weight is 209 g/mol. The highest BCUT2D eigenvalue weighted by molar-refractivity contribution is 6.31. The summed E-state index contributed by atoms with van der Waals surface area (Å²) in [5.74, 6) is 0.735. The van der Waals surface area contributed by atoms with Gasteiger partial charge in [-0.15, -0.1) is 0 Å². The van der Waals surface area contributed by atoms with Crippen molar-refractivity contribution in [3.63, 3.8) is 0 Å². The van der Waals surface area contributed by atoms with Crippen LogP contribution in [0.1, 0.15) is 0 Å². The number of anilines is 1. The van der Waals surface area contributed by atoms with Gasteiger partial charge in [-0.05, 0) is 18.2 Å². The summed E-state index contributed by atoms with van der Waals surface area (Å²) in [5.41, 5.74) is 7.26. The van der Waals surface area contributed by atoms with E-state index in [1.807, 2.05) is 13.1 Å². The molecule has 0 spiro atoms. The van der Waals surface area contributed by atoms with E-state index < -0.39 is 0 Å². The standard InChI is InChI=1S/C9H9ClN4/c1-14-9(12-5-13-14)7-3-2-6(10)4-8(7)11/h2-5H,11H2,1H3. The van der Waals surface area contributed by atoms with Gasteiger partial charge in [0.2, 0.25) is 0 Å². The topological polar surface area (TPSA) is 56.7 Å². The van der Waals surface area contributed by atoms with Crippen LogP contribution >= 0.6 is 11.6 Å². The number of nitrogen functional groups attached to an aromatic ring is 1. The molecule has 2 N–H and O–H groups in total. The van der Waals surface area contributed by atoms with Gasteiger partial charge in [-0.1, -0.05) is 11.6 Å². The molecule has 0 radical (unpaired) electrons. The van der Waals surface area contributed by atoms with E-state index in [1.54, 1.807) is 16.8 Å². The first-order chi connectivity index (χ1) is 6.68. The largest absolute Gasteiger partial charge is 0.398 e. The van der Waals surface area contributed by atoms with Crippen molar-refractivity contribution in [3.05, 3.63) is 29.5 Å². The number of hydrogen-bond donors (Lipinski definition) is 1. The Balaban J connectivity index is 2.58. The molecule has 0 saturated heterocycles. The van der Waals surface area contributed by atoms with Crippen molar-refractivity contribution in [2.24, 2.45) is 7.05 Å². The Labute approximate surface area is 86.3 Å². The van der Waals surface area contributed by atoms with Gasteiger partial charge in [0.25, 0.3) is 0 Å². The molecule has 4 nitrogen and oxygen atoms in total. The third-order valence-electron chi connectivity index (χ3n) is 1.97. The van der Waals surface area contributed by atoms with Crippen molar-refractivity contribution in [2.45, 2.75) is 0 Å². The van der Waals surface area contributed by atoms with E-state index in [-0.39, 0.29) is 0 Å². The van der Waals surface area contributed by atoms with Crippen molar-refractivity contribution >= 4 is 17.3 Å². The predicted molar refractivity (Wildman–Crippen MR) is 55.9 cm³/mol. The number of benzene rings is 1. The van der Waals surface area contributed by atoms with Gasteiger partial charge in [-0.2, -0.15) is 5.10 Å². The van der Waals surface area contributed by atoms with Crippen molar-refractivity contribution in [1.82, 2.24) is 14.8 Å². The molecular weight excluding hydrogens is 200 g/mol. The summed E-state index contributed by atoms with van der Waals surface area (Å²) in [4.78, 5) is 4.11. The zero-order valence-electron chi connectivity index (χ0n) is 7.61. The van der Waals surface area contributed by atoms with Crippen molar-refractivity contribution in [2.75, 3.05) is 5.73 Å². The second-order valence-electron chi connectivity index (χ2n) is 2.94. The van der Waals surface area contributed by atoms with Crippen LogP contribution in [0, 0.1) is 0 Å². The zero-order chi connectivity index (χ0) is 10.1. The van der Waals surface area contributed by atoms with Gasteiger partial charge in [0.1, 0.15) is 6.33 Å². The van der Waals surface area contributed by atoms with Gasteiger partial charge >= 0.3 is 0 Å². The van der Waals surface area contributed by atoms with E-state index >= 15 is 0 Å². The number of hydrogen-bond acceptors (Lipinski definition) is 3. The molecule has 0 atom stereocenters. The molecule has 1 heterocycles. The molecule has 2 rings (SSSR count). The number of nitrogens with zero attached hydrogens (tertiary/aromatic N) is 3. The first-order valence-electron chi connectivity index (χ1n) is 4.08. The van der Waals surface area contributed by atoms with Crippen molar-refractivity contribution in [3.8, 4) is 11.4 Å². The second-order valence-corrected chi connectivity index (χ2v) is 3.38. The van der Waals surface area contributed by atoms with Crippen LogP contribution in [0.4, 0.5) is 5.69 Å². The summed E-state index contributed by atoms with van der Waals surface area (Å²) in [5, 5.41) is 4.59. The Morgan fingerprint density at radius 2 is 2.21 bits per heavy atom. The van der Waals surface area contributed by atoms with E-state index in [1.165, 1.54) is 6.33 Å². The smallest absolute Gasteiger partial charge is 0.159 e. The van der Waals surface area contributed by atoms with Crippen LogP contribution < -0.4 is 5.73 Å². The first-order valence-corrected chi connectivity index (χ1v) is 4.45. The van der Waals surface area contributed by atoms with E-state index in [9.17, 15) is 0 Å². The number of nitrogens with two attached hydrogens (primary N) is 1. The average Bonchev–Trinajstić information content (AvgIpc) is 2.52. The van der Waals surface area contributed by atoms with E-state index in [4.69, 9.17) is 17.3 Å². The maximum absolute atomic E-state index is 5.82. The summed E-state index contributed by atoms with van der Waals surface area (Å²) in [6, 6.07) is 5.31. The molecule has 2 aromatic rings. The third-order valence-corrected chi connectivity index (χ3v) is 2.20. The number of halogens is 1. The van der Waals surface area contributed by atoms with Crippen LogP contribution in [-0.2, 0) is 7.05 Å². The fourth-order valence-corrected chi connectivity index (χ4v) is 1.46. The maximum atomic E-state index is 5.82. The van der Waals surface area contributed by atoms with E-state index in [0.717, 1.165) is 11.4 Å². The number of aryl methyl sites for hydroxylation is 1. The van der Waals surface area contributed by atoms with Crippen LogP contribution in [0.15, 0.2) is 24.5 Å². The SMILES string of the molecule is Cn1ncnc1-c1ccc(Cl)cc1N. The molecule has 14 heavy (non-hydrogen) atoms. The Kier molecular flexibility index (Phi) is 2.13. The molecular formula is C9H9ClN4. The summed E-state index contributed by atoms with van der Waals surface area (Å²) < 4.78 is 1.67. The number of rotatable bonds is 1. The molecule has 0 fully saturated rings. The van der Waals surface area contributed by atoms with Crippen LogP contribution in [-0.4, -0.2) is 14.8 Å². The fourth-order valence-electron chi connectivity index (χ4n) is 1.28. The molecule has 0 bridgehead atoms. The maximum Gasteiger partial charge on any atom is 0.159 e. The third kappa shape index (κ3) is 1.44. The van der Waals surface area contributed by atoms with E-state index in [2.05, 4.69) is 10.1 Å². The van der Waals surface area contributed by atoms with Gasteiger partial charge in [-0.3, -0.25) is 0 Å². The molecule has 1 aromatic carbocycles. The first kappa shape index (κ1) is 9.02. The minimum absolute atomic E-state index is 0.605. The predicted octanol–water partition coefficient (Wildman–Crippen LogP) is 1.72. The number of aromatic nitrogens is 3. The van der Waals surface area contributed by atoms with Crippen LogP contribution in [0.3, 0.4) is 0 Å². The van der Waals surface area contributed by atoms with Crippen molar-refractivity contribution < 1.29 is 0 Å². The summed E-state index contributed by atoms with van der Waals surface area (Å²) in [6.07, 6.45) is 1.49. The van der Waals surface area contributed by atoms with Gasteiger partial charge in [0, 0.05) is 23.3 Å². The molecule has 0 aliphatic heterocycles. The molecule has 0 unspecified atom stereocenters. The minimum atomic E-state index is 0.605. The second kappa shape index (κ2) is 3.31. The van der Waals surface area contributed by atoms with Gasteiger partial charge in [-0.25, -0.2) is 9.67 Å². The van der Waals surface area contributed by atoms with Gasteiger partial charge in [0.15, 0.2) is 5.82 Å². The van der Waals surface area contributed by atoms with Crippen molar-refractivity contribution in [1.29, 1.82) is 0 Å². The molecule has 0 aliphatic rings. The quantitative estimate of drug-likeness (QED) is 0.726. The lowest BCUT2D eigenvalue weighted by Gasteiger charge is -2.04. The molecule has 5 heteroatoms. The Morgan fingerprint density at radius 1 is 1.43 bits per heavy atom. The fraction of sp³-hybridized carbons (Fsp3) is 0.111. The van der Waals surface area contributed by atoms with Crippen LogP contribution in [0.25, 0.3) is 11.4 Å². The Morgan fingerprint density at radius 3 is 2.79 bits per heavy atom. The summed E-state index contributed by atoms with van der Waals surface area (Å²) in [6.45, 7) is 0. The normalized spacial score (nSPS) is 10.4. The Hall–Kier alpha value is -1.55. The van der Waals surface area contributed by atoms with Gasteiger partial charge < -0.3 is 5.73 Å². The monoisotopic (exact) mass is 208 g/mol. The molecule has 1 aromatic heterocycles. The molecule has 0 amide bonds. The van der Waals surface area contributed by atoms with E-state index in [0.29, 0.717) is 10.7 Å². The van der Waals surface area contributed by atoms with Gasteiger partial charge in [0.05, 0.1) is 0 Å². The minimum Gasteiger partial charge on any atom is -0.398 e. The zero-order valence-corrected chi connectivity index (χ0v) is 8.36. The van der Waals surface area contributed by atoms with Crippen LogP contribution in [0.2, 0.25) is 5.02 Å². The highest BCUT2D eigenvalue weighted by Gasteiger charge is 2.07. The van der Waals surface area contributed by atoms with Crippen LogP contribution in [0.5, 0.6) is 0 Å². The molecule has 0 aliphatic carbocycles. The summed E-state index contributed by atoms with van der Waals surface area (Å²) in [7, 11) is 1.82. The highest BCUT2D eigenvalue weighted by Crippen LogP contribution is 2.25. The lowest BCUT2D eigenvalue weighted by atomic mass is 10.2. The lowest BCUT2D eigenvalue weighted by molar-refractivity contribution is 0.775. The highest BCUT2D eigenvalue weighted by atomic mass is 35.5. The molecule has 0 saturated carbocycles. The lowest BCUT2D eigenvalue weighted by Crippen LogP contribution is -1.97. The summed E-state index contributed by atoms with van der Waals surface area (Å²) >= 11 is 5.80.